The Bertz CT molecular complexity index is 702. The number of esters is 1. The summed E-state index contributed by atoms with van der Waals surface area (Å²) in [5.41, 5.74) is 1.97. The minimum absolute atomic E-state index is 0.305. The van der Waals surface area contributed by atoms with Gasteiger partial charge in [-0.3, -0.25) is 0 Å². The molecule has 1 aromatic rings. The summed E-state index contributed by atoms with van der Waals surface area (Å²) in [5.74, 6) is 0.943. The van der Waals surface area contributed by atoms with Crippen LogP contribution in [0.2, 0.25) is 0 Å². The van der Waals surface area contributed by atoms with Crippen LogP contribution in [0.4, 0.5) is 0 Å². The number of hydrogen-bond donors (Lipinski definition) is 2. The van der Waals surface area contributed by atoms with Crippen LogP contribution in [0.25, 0.3) is 0 Å². The molecule has 0 spiro atoms. The van der Waals surface area contributed by atoms with Gasteiger partial charge in [0.15, 0.2) is 16.6 Å². The lowest BCUT2D eigenvalue weighted by atomic mass is 9.94. The SMILES string of the molecule is CCOC(=O)C1=C(C)NC(=S)N[C@H]1c1cccc2c1OCCCO2. The topological polar surface area (TPSA) is 68.8 Å². The van der Waals surface area contributed by atoms with E-state index in [2.05, 4.69) is 10.6 Å². The summed E-state index contributed by atoms with van der Waals surface area (Å²) in [6.07, 6.45) is 0.811. The first-order chi connectivity index (χ1) is 11.6. The molecule has 0 fully saturated rings. The van der Waals surface area contributed by atoms with Crippen molar-refractivity contribution in [3.63, 3.8) is 0 Å². The fourth-order valence-corrected chi connectivity index (χ4v) is 3.12. The van der Waals surface area contributed by atoms with Gasteiger partial charge in [0.2, 0.25) is 0 Å². The van der Waals surface area contributed by atoms with E-state index in [0.29, 0.717) is 47.7 Å². The van der Waals surface area contributed by atoms with Crippen LogP contribution in [0.3, 0.4) is 0 Å². The Kier molecular flexibility index (Phi) is 4.89. The van der Waals surface area contributed by atoms with Crippen molar-refractivity contribution in [2.24, 2.45) is 0 Å². The van der Waals surface area contributed by atoms with Gasteiger partial charge in [-0.1, -0.05) is 12.1 Å². The average molecular weight is 348 g/mol. The Morgan fingerprint density at radius 1 is 1.38 bits per heavy atom. The highest BCUT2D eigenvalue weighted by Gasteiger charge is 2.33. The predicted octanol–water partition coefficient (Wildman–Crippen LogP) is 2.20. The van der Waals surface area contributed by atoms with Gasteiger partial charge in [0.05, 0.1) is 31.4 Å². The van der Waals surface area contributed by atoms with Gasteiger partial charge in [-0.25, -0.2) is 4.79 Å². The summed E-state index contributed by atoms with van der Waals surface area (Å²) in [6, 6.07) is 5.21. The lowest BCUT2D eigenvalue weighted by molar-refractivity contribution is -0.139. The van der Waals surface area contributed by atoms with Crippen LogP contribution >= 0.6 is 12.2 Å². The Morgan fingerprint density at radius 3 is 2.96 bits per heavy atom. The summed E-state index contributed by atoms with van der Waals surface area (Å²) in [5, 5.41) is 6.59. The summed E-state index contributed by atoms with van der Waals surface area (Å²) in [6.45, 7) is 5.07. The highest BCUT2D eigenvalue weighted by atomic mass is 32.1. The van der Waals surface area contributed by atoms with E-state index in [-0.39, 0.29) is 5.97 Å². The second-order valence-electron chi connectivity index (χ2n) is 5.52. The molecule has 0 bridgehead atoms. The van der Waals surface area contributed by atoms with Crippen molar-refractivity contribution in [2.75, 3.05) is 19.8 Å². The van der Waals surface area contributed by atoms with Gasteiger partial charge in [-0.2, -0.15) is 0 Å². The third-order valence-electron chi connectivity index (χ3n) is 3.88. The largest absolute Gasteiger partial charge is 0.490 e. The minimum Gasteiger partial charge on any atom is -0.490 e. The lowest BCUT2D eigenvalue weighted by Crippen LogP contribution is -2.45. The molecule has 6 nitrogen and oxygen atoms in total. The Hall–Kier alpha value is -2.28. The van der Waals surface area contributed by atoms with Crippen LogP contribution in [0, 0.1) is 0 Å². The van der Waals surface area contributed by atoms with Gasteiger partial charge < -0.3 is 24.8 Å². The van der Waals surface area contributed by atoms with E-state index in [0.717, 1.165) is 12.0 Å². The molecule has 128 valence electrons. The molecule has 7 heteroatoms. The van der Waals surface area contributed by atoms with Crippen LogP contribution in [0.1, 0.15) is 31.9 Å². The second-order valence-corrected chi connectivity index (χ2v) is 5.92. The number of carbonyl (C=O) groups excluding carboxylic acids is 1. The first-order valence-electron chi connectivity index (χ1n) is 7.95. The van der Waals surface area contributed by atoms with Crippen LogP contribution in [-0.2, 0) is 9.53 Å². The van der Waals surface area contributed by atoms with E-state index < -0.39 is 6.04 Å². The zero-order valence-electron chi connectivity index (χ0n) is 13.7. The number of rotatable bonds is 3. The monoisotopic (exact) mass is 348 g/mol. The fraction of sp³-hybridized carbons (Fsp3) is 0.412. The van der Waals surface area contributed by atoms with Gasteiger partial charge in [0, 0.05) is 17.7 Å². The highest BCUT2D eigenvalue weighted by molar-refractivity contribution is 7.80. The van der Waals surface area contributed by atoms with Crippen LogP contribution in [-0.4, -0.2) is 30.9 Å². The van der Waals surface area contributed by atoms with E-state index in [9.17, 15) is 4.79 Å². The third kappa shape index (κ3) is 3.17. The van der Waals surface area contributed by atoms with Gasteiger partial charge in [0.25, 0.3) is 0 Å². The fourth-order valence-electron chi connectivity index (χ4n) is 2.85. The van der Waals surface area contributed by atoms with Crippen LogP contribution in [0.15, 0.2) is 29.5 Å². The van der Waals surface area contributed by atoms with Crippen molar-refractivity contribution in [2.45, 2.75) is 26.3 Å². The number of fused-ring (bicyclic) bond motifs is 1. The second kappa shape index (κ2) is 7.09. The molecule has 2 heterocycles. The van der Waals surface area contributed by atoms with Crippen LogP contribution < -0.4 is 20.1 Å². The molecule has 0 amide bonds. The van der Waals surface area contributed by atoms with Gasteiger partial charge in [-0.05, 0) is 32.1 Å². The zero-order chi connectivity index (χ0) is 17.1. The molecule has 0 saturated carbocycles. The molecule has 2 aliphatic heterocycles. The Balaban J connectivity index is 2.07. The molecule has 24 heavy (non-hydrogen) atoms. The van der Waals surface area contributed by atoms with Crippen molar-refractivity contribution >= 4 is 23.3 Å². The average Bonchev–Trinajstić information content (AvgIpc) is 2.79. The number of nitrogens with one attached hydrogen (secondary N) is 2. The molecular formula is C17H20N2O4S. The summed E-state index contributed by atoms with van der Waals surface area (Å²) in [4.78, 5) is 12.5. The first kappa shape index (κ1) is 16.6. The van der Waals surface area contributed by atoms with Crippen molar-refractivity contribution < 1.29 is 19.0 Å². The molecule has 1 atom stereocenters. The van der Waals surface area contributed by atoms with E-state index in [1.54, 1.807) is 6.92 Å². The maximum atomic E-state index is 12.5. The summed E-state index contributed by atoms with van der Waals surface area (Å²) in [7, 11) is 0. The molecule has 0 aromatic heterocycles. The van der Waals surface area contributed by atoms with Gasteiger partial charge in [-0.15, -0.1) is 0 Å². The Morgan fingerprint density at radius 2 is 2.17 bits per heavy atom. The molecule has 0 radical (unpaired) electrons. The third-order valence-corrected chi connectivity index (χ3v) is 4.10. The number of ether oxygens (including phenoxy) is 3. The number of benzene rings is 1. The maximum absolute atomic E-state index is 12.5. The van der Waals surface area contributed by atoms with E-state index in [4.69, 9.17) is 26.4 Å². The molecule has 3 rings (SSSR count). The van der Waals surface area contributed by atoms with E-state index in [1.807, 2.05) is 25.1 Å². The van der Waals surface area contributed by atoms with Crippen molar-refractivity contribution in [1.82, 2.24) is 10.6 Å². The van der Waals surface area contributed by atoms with Gasteiger partial charge in [0.1, 0.15) is 0 Å². The molecule has 0 aliphatic carbocycles. The van der Waals surface area contributed by atoms with Crippen molar-refractivity contribution in [3.05, 3.63) is 35.0 Å². The lowest BCUT2D eigenvalue weighted by Gasteiger charge is -2.30. The van der Waals surface area contributed by atoms with Crippen molar-refractivity contribution in [1.29, 1.82) is 0 Å². The first-order valence-corrected chi connectivity index (χ1v) is 8.36. The van der Waals surface area contributed by atoms with E-state index >= 15 is 0 Å². The Labute approximate surface area is 146 Å². The number of allylic oxidation sites excluding steroid dienone is 1. The van der Waals surface area contributed by atoms with E-state index in [1.165, 1.54) is 0 Å². The minimum atomic E-state index is -0.450. The standard InChI is InChI=1S/C17H20N2O4S/c1-3-21-16(20)13-10(2)18-17(24)19-14(13)11-6-4-7-12-15(11)23-9-5-8-22-12/h4,6-7,14H,3,5,8-9H2,1-2H3,(H2,18,19,24)/t14-/m0/s1. The number of thiocarbonyl (C=S) groups is 1. The van der Waals surface area contributed by atoms with Gasteiger partial charge >= 0.3 is 5.97 Å². The smallest absolute Gasteiger partial charge is 0.338 e. The molecule has 0 unspecified atom stereocenters. The normalized spacial score (nSPS) is 19.9. The predicted molar refractivity (Wildman–Crippen MR) is 93.0 cm³/mol. The molecule has 2 N–H and O–H groups in total. The summed E-state index contributed by atoms with van der Waals surface area (Å²) < 4.78 is 16.8. The molecule has 1 aromatic carbocycles. The maximum Gasteiger partial charge on any atom is 0.338 e. The molecular weight excluding hydrogens is 328 g/mol. The van der Waals surface area contributed by atoms with Crippen molar-refractivity contribution in [3.8, 4) is 11.5 Å². The number of para-hydroxylation sites is 1. The highest BCUT2D eigenvalue weighted by Crippen LogP contribution is 2.40. The molecule has 2 aliphatic rings. The zero-order valence-corrected chi connectivity index (χ0v) is 14.5. The molecule has 0 saturated heterocycles. The quantitative estimate of drug-likeness (QED) is 0.641. The number of carbonyl (C=O) groups is 1. The summed E-state index contributed by atoms with van der Waals surface area (Å²) >= 11 is 5.26. The number of hydrogen-bond acceptors (Lipinski definition) is 5. The van der Waals surface area contributed by atoms with Crippen LogP contribution in [0.5, 0.6) is 11.5 Å².